The van der Waals surface area contributed by atoms with Crippen molar-refractivity contribution >= 4 is 27.6 Å². The van der Waals surface area contributed by atoms with Gasteiger partial charge in [0, 0.05) is 69.2 Å². The van der Waals surface area contributed by atoms with Crippen LogP contribution in [0.3, 0.4) is 0 Å². The second-order valence-corrected chi connectivity index (χ2v) is 14.9. The van der Waals surface area contributed by atoms with Crippen molar-refractivity contribution in [1.29, 1.82) is 5.26 Å². The Kier molecular flexibility index (Phi) is 9.70. The number of fused-ring (bicyclic) bond motifs is 1. The molecule has 16 heteroatoms. The van der Waals surface area contributed by atoms with Gasteiger partial charge in [0.05, 0.1) is 57.4 Å². The molecule has 4 aliphatic rings. The molecule has 15 nitrogen and oxygen atoms in total. The predicted octanol–water partition coefficient (Wildman–Crippen LogP) is 2.15. The second kappa shape index (κ2) is 14.2. The van der Waals surface area contributed by atoms with Gasteiger partial charge in [-0.2, -0.15) is 9.57 Å². The highest BCUT2D eigenvalue weighted by molar-refractivity contribution is 7.93. The molecule has 0 radical (unpaired) electrons. The van der Waals surface area contributed by atoms with Crippen molar-refractivity contribution in [2.24, 2.45) is 0 Å². The molecule has 4 aliphatic heterocycles. The Morgan fingerprint density at radius 3 is 2.35 bits per heavy atom. The number of benzene rings is 2. The molecule has 0 aliphatic carbocycles. The summed E-state index contributed by atoms with van der Waals surface area (Å²) in [6.45, 7) is 6.14. The van der Waals surface area contributed by atoms with E-state index in [4.69, 9.17) is 18.9 Å². The number of anilines is 1. The summed E-state index contributed by atoms with van der Waals surface area (Å²) < 4.78 is 51.6. The van der Waals surface area contributed by atoms with Crippen molar-refractivity contribution in [3.8, 4) is 23.4 Å². The molecule has 3 saturated heterocycles. The Balaban J connectivity index is 1.22. The fourth-order valence-corrected chi connectivity index (χ4v) is 9.33. The maximum absolute atomic E-state index is 15.1. The highest BCUT2D eigenvalue weighted by Gasteiger charge is 2.59. The van der Waals surface area contributed by atoms with Crippen LogP contribution in [0, 0.1) is 11.3 Å². The number of hydrogen-bond donors (Lipinski definition) is 1. The standard InChI is InChI=1S/C36H41N7O8S/c1-48-27-7-9-32(31(20-27)49-2)52(46,47)43-30-8-6-24(21-37)19-29(30)36(34(43)44,28-5-4-12-38-33(28)50-3)39-35(45)42-22-26(23-42)40-13-10-25(11-14-40)41-15-17-51-18-16-41/h4-9,12,19-20,25-26H,10-11,13-18,22-23H2,1-3H3,(H,39,45)/t36-/m1/s1. The number of pyridine rings is 1. The highest BCUT2D eigenvalue weighted by atomic mass is 32.2. The number of morpholine rings is 1. The topological polar surface area (TPSA) is 167 Å². The number of aromatic nitrogens is 1. The number of nitriles is 1. The van der Waals surface area contributed by atoms with Crippen LogP contribution in [0.5, 0.6) is 17.4 Å². The first-order chi connectivity index (χ1) is 25.2. The van der Waals surface area contributed by atoms with Crippen LogP contribution >= 0.6 is 0 Å². The number of rotatable bonds is 9. The van der Waals surface area contributed by atoms with Crippen molar-refractivity contribution in [1.82, 2.24) is 25.0 Å². The minimum absolute atomic E-state index is 0.00429. The summed E-state index contributed by atoms with van der Waals surface area (Å²) in [6, 6.07) is 13.6. The average molecular weight is 732 g/mol. The van der Waals surface area contributed by atoms with Crippen LogP contribution in [-0.4, -0.2) is 126 Å². The van der Waals surface area contributed by atoms with Crippen molar-refractivity contribution in [3.05, 3.63) is 71.4 Å². The van der Waals surface area contributed by atoms with Gasteiger partial charge < -0.3 is 29.2 Å². The van der Waals surface area contributed by atoms with Gasteiger partial charge in [0.2, 0.25) is 5.88 Å². The third kappa shape index (κ3) is 5.97. The third-order valence-corrected chi connectivity index (χ3v) is 12.3. The lowest BCUT2D eigenvalue weighted by atomic mass is 9.83. The molecule has 1 N–H and O–H groups in total. The lowest BCUT2D eigenvalue weighted by molar-refractivity contribution is -0.121. The number of carbonyl (C=O) groups is 2. The van der Waals surface area contributed by atoms with Gasteiger partial charge in [-0.15, -0.1) is 0 Å². The second-order valence-electron chi connectivity index (χ2n) is 13.1. The van der Waals surface area contributed by atoms with Crippen molar-refractivity contribution in [2.45, 2.75) is 35.4 Å². The number of methoxy groups -OCH3 is 3. The van der Waals surface area contributed by atoms with E-state index in [1.807, 2.05) is 0 Å². The molecule has 1 atom stereocenters. The molecule has 0 saturated carbocycles. The van der Waals surface area contributed by atoms with Crippen molar-refractivity contribution in [2.75, 3.05) is 78.1 Å². The zero-order valence-corrected chi connectivity index (χ0v) is 30.1. The monoisotopic (exact) mass is 731 g/mol. The van der Waals surface area contributed by atoms with Crippen LogP contribution in [0.4, 0.5) is 10.5 Å². The molecule has 3 amide bonds. The van der Waals surface area contributed by atoms with Gasteiger partial charge in [0.1, 0.15) is 16.4 Å². The van der Waals surface area contributed by atoms with Gasteiger partial charge in [-0.25, -0.2) is 18.2 Å². The van der Waals surface area contributed by atoms with E-state index in [-0.39, 0.29) is 44.9 Å². The minimum Gasteiger partial charge on any atom is -0.497 e. The van der Waals surface area contributed by atoms with Gasteiger partial charge >= 0.3 is 6.03 Å². The molecule has 7 rings (SSSR count). The van der Waals surface area contributed by atoms with Gasteiger partial charge in [0.25, 0.3) is 15.9 Å². The number of sulfonamides is 1. The van der Waals surface area contributed by atoms with Crippen molar-refractivity contribution < 1.29 is 37.0 Å². The Morgan fingerprint density at radius 2 is 1.67 bits per heavy atom. The number of nitrogens with one attached hydrogen (secondary N) is 1. The van der Waals surface area contributed by atoms with Gasteiger partial charge in [-0.05, 0) is 55.3 Å². The molecule has 1 aromatic heterocycles. The highest BCUT2D eigenvalue weighted by Crippen LogP contribution is 2.50. The largest absolute Gasteiger partial charge is 0.497 e. The van der Waals surface area contributed by atoms with E-state index in [1.165, 1.54) is 63.9 Å². The zero-order chi connectivity index (χ0) is 36.6. The summed E-state index contributed by atoms with van der Waals surface area (Å²) >= 11 is 0. The molecular weight excluding hydrogens is 691 g/mol. The first-order valence-electron chi connectivity index (χ1n) is 17.1. The molecule has 0 bridgehead atoms. The molecule has 5 heterocycles. The van der Waals surface area contributed by atoms with E-state index in [0.717, 1.165) is 52.2 Å². The van der Waals surface area contributed by atoms with Gasteiger partial charge in [-0.3, -0.25) is 14.6 Å². The average Bonchev–Trinajstić information content (AvgIpc) is 3.41. The van der Waals surface area contributed by atoms with E-state index in [9.17, 15) is 18.5 Å². The van der Waals surface area contributed by atoms with Crippen LogP contribution in [0.1, 0.15) is 29.5 Å². The van der Waals surface area contributed by atoms with Crippen LogP contribution in [0.15, 0.2) is 59.6 Å². The minimum atomic E-state index is -4.69. The Morgan fingerprint density at radius 1 is 0.942 bits per heavy atom. The molecule has 0 spiro atoms. The molecule has 3 aromatic rings. The maximum atomic E-state index is 15.1. The lowest BCUT2D eigenvalue weighted by Gasteiger charge is -2.49. The molecular formula is C36H41N7O8S. The Labute approximate surface area is 302 Å². The fraction of sp³-hybridized carbons (Fsp3) is 0.444. The number of urea groups is 1. The van der Waals surface area contributed by atoms with Gasteiger partial charge in [0.15, 0.2) is 5.54 Å². The van der Waals surface area contributed by atoms with E-state index in [0.29, 0.717) is 29.2 Å². The van der Waals surface area contributed by atoms with E-state index in [2.05, 4.69) is 26.2 Å². The fourth-order valence-electron chi connectivity index (χ4n) is 7.72. The molecule has 274 valence electrons. The number of carbonyl (C=O) groups excluding carboxylic acids is 2. The van der Waals surface area contributed by atoms with Crippen LogP contribution < -0.4 is 23.8 Å². The number of nitrogens with zero attached hydrogens (tertiary/aromatic N) is 6. The smallest absolute Gasteiger partial charge is 0.318 e. The quantitative estimate of drug-likeness (QED) is 0.341. The molecule has 3 fully saturated rings. The summed E-state index contributed by atoms with van der Waals surface area (Å²) in [7, 11) is -0.583. The van der Waals surface area contributed by atoms with Crippen LogP contribution in [0.2, 0.25) is 0 Å². The molecule has 2 aromatic carbocycles. The summed E-state index contributed by atoms with van der Waals surface area (Å²) in [6.07, 6.45) is 3.55. The number of piperidine rings is 1. The van der Waals surface area contributed by atoms with E-state index in [1.54, 1.807) is 17.0 Å². The molecule has 0 unspecified atom stereocenters. The Bertz CT molecular complexity index is 2000. The van der Waals surface area contributed by atoms with Crippen molar-refractivity contribution in [3.63, 3.8) is 0 Å². The number of likely N-dealkylation sites (tertiary alicyclic amines) is 2. The summed E-state index contributed by atoms with van der Waals surface area (Å²) in [5.74, 6) is -0.713. The van der Waals surface area contributed by atoms with E-state index < -0.39 is 27.5 Å². The number of ether oxygens (including phenoxy) is 4. The summed E-state index contributed by atoms with van der Waals surface area (Å²) in [5.41, 5.74) is -1.85. The predicted molar refractivity (Wildman–Crippen MR) is 188 cm³/mol. The van der Waals surface area contributed by atoms with Crippen LogP contribution in [0.25, 0.3) is 0 Å². The number of hydrogen-bond acceptors (Lipinski definition) is 12. The lowest BCUT2D eigenvalue weighted by Crippen LogP contribution is -2.67. The normalized spacial score (nSPS) is 21.6. The Hall–Kier alpha value is -4.95. The maximum Gasteiger partial charge on any atom is 0.318 e. The van der Waals surface area contributed by atoms with Crippen LogP contribution in [-0.2, 0) is 25.1 Å². The van der Waals surface area contributed by atoms with Gasteiger partial charge in [-0.1, -0.05) is 0 Å². The third-order valence-electron chi connectivity index (χ3n) is 10.5. The first kappa shape index (κ1) is 35.5. The zero-order valence-electron chi connectivity index (χ0n) is 29.3. The summed E-state index contributed by atoms with van der Waals surface area (Å²) in [5, 5.41) is 12.8. The first-order valence-corrected chi connectivity index (χ1v) is 18.6. The SMILES string of the molecule is COc1ccc(S(=O)(=O)N2C(=O)[C@@](NC(=O)N3CC(N4CCC(N5CCOCC5)CC4)C3)(c3cccnc3OC)c3cc(C#N)ccc32)c(OC)c1. The summed E-state index contributed by atoms with van der Waals surface area (Å²) in [4.78, 5) is 39.9. The van der Waals surface area contributed by atoms with E-state index >= 15 is 4.79 Å². The molecule has 52 heavy (non-hydrogen) atoms. The number of amides is 3.